The molecule has 3 rings (SSSR count). The summed E-state index contributed by atoms with van der Waals surface area (Å²) in [4.78, 5) is 0. The van der Waals surface area contributed by atoms with E-state index >= 15 is 0 Å². The molecule has 16 heavy (non-hydrogen) atoms. The van der Waals surface area contributed by atoms with Crippen LogP contribution < -0.4 is 0 Å². The Labute approximate surface area is 107 Å². The summed E-state index contributed by atoms with van der Waals surface area (Å²) < 4.78 is 1.11. The number of hydrogen-bond donors (Lipinski definition) is 0. The van der Waals surface area contributed by atoms with E-state index in [1.54, 1.807) is 0 Å². The van der Waals surface area contributed by atoms with Crippen LogP contribution in [-0.4, -0.2) is 0 Å². The second-order valence-corrected chi connectivity index (χ2v) is 4.95. The molecular weight excluding hydrogens is 284 g/mol. The van der Waals surface area contributed by atoms with E-state index in [0.717, 1.165) is 20.3 Å². The highest BCUT2D eigenvalue weighted by Crippen LogP contribution is 2.35. The maximum Gasteiger partial charge on any atom is 0.0485 e. The topological polar surface area (TPSA) is 0 Å². The Morgan fingerprint density at radius 1 is 0.812 bits per heavy atom. The van der Waals surface area contributed by atoms with Gasteiger partial charge in [-0.25, -0.2) is 0 Å². The van der Waals surface area contributed by atoms with Crippen LogP contribution in [0.1, 0.15) is 0 Å². The molecular formula is C14H8BrCl. The molecule has 0 aliphatic rings. The minimum atomic E-state index is 0.795. The molecule has 0 aliphatic carbocycles. The molecule has 0 aromatic heterocycles. The minimum absolute atomic E-state index is 0.795. The van der Waals surface area contributed by atoms with Crippen LogP contribution in [0, 0.1) is 0 Å². The van der Waals surface area contributed by atoms with Crippen LogP contribution in [0.4, 0.5) is 0 Å². The van der Waals surface area contributed by atoms with Crippen molar-refractivity contribution in [2.24, 2.45) is 0 Å². The molecule has 3 aromatic carbocycles. The first-order valence-corrected chi connectivity index (χ1v) is 6.20. The number of rotatable bonds is 0. The third-order valence-corrected chi connectivity index (χ3v) is 3.97. The summed E-state index contributed by atoms with van der Waals surface area (Å²) in [7, 11) is 0. The summed E-state index contributed by atoms with van der Waals surface area (Å²) in [5.74, 6) is 0. The first-order chi connectivity index (χ1) is 7.77. The fourth-order valence-electron chi connectivity index (χ4n) is 2.00. The molecule has 0 spiro atoms. The summed E-state index contributed by atoms with van der Waals surface area (Å²) in [6.07, 6.45) is 0. The van der Waals surface area contributed by atoms with E-state index in [9.17, 15) is 0 Å². The Morgan fingerprint density at radius 2 is 1.56 bits per heavy atom. The first-order valence-electron chi connectivity index (χ1n) is 5.03. The molecule has 0 unspecified atom stereocenters. The Kier molecular flexibility index (Phi) is 2.38. The quantitative estimate of drug-likeness (QED) is 0.486. The maximum absolute atomic E-state index is 6.21. The third kappa shape index (κ3) is 1.43. The van der Waals surface area contributed by atoms with Crippen molar-refractivity contribution in [3.8, 4) is 0 Å². The number of halogens is 2. The van der Waals surface area contributed by atoms with Gasteiger partial charge in [-0.2, -0.15) is 0 Å². The van der Waals surface area contributed by atoms with Crippen molar-refractivity contribution in [3.63, 3.8) is 0 Å². The molecule has 0 bridgehead atoms. The molecule has 0 aliphatic heterocycles. The van der Waals surface area contributed by atoms with Gasteiger partial charge >= 0.3 is 0 Å². The maximum atomic E-state index is 6.21. The largest absolute Gasteiger partial charge is 0.0837 e. The lowest BCUT2D eigenvalue weighted by atomic mass is 10.0. The van der Waals surface area contributed by atoms with Gasteiger partial charge in [-0.05, 0) is 44.2 Å². The van der Waals surface area contributed by atoms with Crippen molar-refractivity contribution in [2.75, 3.05) is 0 Å². The predicted octanol–water partition coefficient (Wildman–Crippen LogP) is 5.41. The van der Waals surface area contributed by atoms with E-state index in [1.807, 2.05) is 24.3 Å². The highest BCUT2D eigenvalue weighted by Gasteiger charge is 2.06. The van der Waals surface area contributed by atoms with E-state index in [2.05, 4.69) is 40.2 Å². The molecule has 0 atom stereocenters. The molecule has 0 fully saturated rings. The monoisotopic (exact) mass is 290 g/mol. The summed E-state index contributed by atoms with van der Waals surface area (Å²) in [5.41, 5.74) is 0. The van der Waals surface area contributed by atoms with Crippen molar-refractivity contribution in [1.29, 1.82) is 0 Å². The van der Waals surface area contributed by atoms with Gasteiger partial charge in [-0.1, -0.05) is 48.0 Å². The molecule has 0 heterocycles. The summed E-state index contributed by atoms with van der Waals surface area (Å²) in [5, 5.41) is 5.47. The fraction of sp³-hybridized carbons (Fsp3) is 0. The lowest BCUT2D eigenvalue weighted by molar-refractivity contribution is 1.74. The highest BCUT2D eigenvalue weighted by molar-refractivity contribution is 9.10. The van der Waals surface area contributed by atoms with Gasteiger partial charge in [-0.15, -0.1) is 0 Å². The predicted molar refractivity (Wildman–Crippen MR) is 74.2 cm³/mol. The van der Waals surface area contributed by atoms with Crippen LogP contribution in [0.15, 0.2) is 53.0 Å². The van der Waals surface area contributed by atoms with Gasteiger partial charge in [0.05, 0.1) is 0 Å². The number of benzene rings is 3. The lowest BCUT2D eigenvalue weighted by Crippen LogP contribution is -1.80. The molecule has 2 heteroatoms. The van der Waals surface area contributed by atoms with Crippen molar-refractivity contribution >= 4 is 49.1 Å². The molecule has 0 saturated carbocycles. The van der Waals surface area contributed by atoms with E-state index in [-0.39, 0.29) is 0 Å². The van der Waals surface area contributed by atoms with Crippen LogP contribution in [0.5, 0.6) is 0 Å². The zero-order valence-corrected chi connectivity index (χ0v) is 10.7. The second-order valence-electron chi connectivity index (χ2n) is 3.75. The SMILES string of the molecule is Clc1cccc2c(Br)c3ccccc3cc12. The molecule has 0 radical (unpaired) electrons. The van der Waals surface area contributed by atoms with Gasteiger partial charge in [0.25, 0.3) is 0 Å². The average molecular weight is 292 g/mol. The zero-order chi connectivity index (χ0) is 11.1. The van der Waals surface area contributed by atoms with Crippen molar-refractivity contribution in [1.82, 2.24) is 0 Å². The normalized spacial score (nSPS) is 11.1. The van der Waals surface area contributed by atoms with Gasteiger partial charge in [0.1, 0.15) is 0 Å². The fourth-order valence-corrected chi connectivity index (χ4v) is 2.93. The lowest BCUT2D eigenvalue weighted by Gasteiger charge is -2.07. The number of hydrogen-bond acceptors (Lipinski definition) is 0. The van der Waals surface area contributed by atoms with Gasteiger partial charge < -0.3 is 0 Å². The second kappa shape index (κ2) is 3.76. The van der Waals surface area contributed by atoms with E-state index in [0.29, 0.717) is 0 Å². The Hall–Kier alpha value is -1.05. The highest BCUT2D eigenvalue weighted by atomic mass is 79.9. The van der Waals surface area contributed by atoms with E-state index in [1.165, 1.54) is 10.8 Å². The summed E-state index contributed by atoms with van der Waals surface area (Å²) in [6.45, 7) is 0. The minimum Gasteiger partial charge on any atom is -0.0837 e. The Morgan fingerprint density at radius 3 is 2.44 bits per heavy atom. The molecule has 0 amide bonds. The average Bonchev–Trinajstić information content (AvgIpc) is 2.31. The van der Waals surface area contributed by atoms with Crippen LogP contribution in [0.2, 0.25) is 5.02 Å². The number of fused-ring (bicyclic) bond motifs is 2. The smallest absolute Gasteiger partial charge is 0.0485 e. The van der Waals surface area contributed by atoms with Crippen LogP contribution >= 0.6 is 27.5 Å². The van der Waals surface area contributed by atoms with Crippen molar-refractivity contribution < 1.29 is 0 Å². The zero-order valence-electron chi connectivity index (χ0n) is 8.37. The van der Waals surface area contributed by atoms with E-state index < -0.39 is 0 Å². The standard InChI is InChI=1S/C14H8BrCl/c15-14-10-5-2-1-4-9(10)8-12-11(14)6-3-7-13(12)16/h1-8H. The van der Waals surface area contributed by atoms with Gasteiger partial charge in [0.15, 0.2) is 0 Å². The summed E-state index contributed by atoms with van der Waals surface area (Å²) >= 11 is 9.87. The molecule has 3 aromatic rings. The van der Waals surface area contributed by atoms with Crippen molar-refractivity contribution in [2.45, 2.75) is 0 Å². The Bertz CT molecular complexity index is 689. The molecule has 0 N–H and O–H groups in total. The third-order valence-electron chi connectivity index (χ3n) is 2.79. The van der Waals surface area contributed by atoms with Crippen molar-refractivity contribution in [3.05, 3.63) is 58.0 Å². The van der Waals surface area contributed by atoms with Crippen LogP contribution in [-0.2, 0) is 0 Å². The van der Waals surface area contributed by atoms with E-state index in [4.69, 9.17) is 11.6 Å². The van der Waals surface area contributed by atoms with Gasteiger partial charge in [-0.3, -0.25) is 0 Å². The first kappa shape index (κ1) is 10.1. The van der Waals surface area contributed by atoms with Gasteiger partial charge in [0, 0.05) is 14.9 Å². The molecule has 78 valence electrons. The Balaban J connectivity index is 2.61. The summed E-state index contributed by atoms with van der Waals surface area (Å²) in [6, 6.07) is 16.4. The van der Waals surface area contributed by atoms with Gasteiger partial charge in [0.2, 0.25) is 0 Å². The van der Waals surface area contributed by atoms with Crippen LogP contribution in [0.25, 0.3) is 21.5 Å². The van der Waals surface area contributed by atoms with Crippen LogP contribution in [0.3, 0.4) is 0 Å². The molecule has 0 saturated heterocycles. The molecule has 0 nitrogen and oxygen atoms in total.